The van der Waals surface area contributed by atoms with Crippen molar-refractivity contribution in [1.29, 1.82) is 0 Å². The second kappa shape index (κ2) is 11.2. The number of para-hydroxylation sites is 2. The Hall–Kier alpha value is -5.88. The summed E-state index contributed by atoms with van der Waals surface area (Å²) in [6.45, 7) is 0. The van der Waals surface area contributed by atoms with Gasteiger partial charge in [-0.1, -0.05) is 127 Å². The zero-order chi connectivity index (χ0) is 29.2. The van der Waals surface area contributed by atoms with Gasteiger partial charge in [-0.05, 0) is 41.0 Å². The summed E-state index contributed by atoms with van der Waals surface area (Å²) in [7, 11) is 0. The van der Waals surface area contributed by atoms with Crippen molar-refractivity contribution in [2.75, 3.05) is 0 Å². The van der Waals surface area contributed by atoms with Crippen LogP contribution < -0.4 is 11.1 Å². The molecule has 208 valence electrons. The zero-order valence-corrected chi connectivity index (χ0v) is 23.2. The third-order valence-corrected chi connectivity index (χ3v) is 7.72. The van der Waals surface area contributed by atoms with E-state index in [9.17, 15) is 9.59 Å². The first-order valence-corrected chi connectivity index (χ1v) is 14.2. The molecule has 43 heavy (non-hydrogen) atoms. The lowest BCUT2D eigenvalue weighted by molar-refractivity contribution is 0.837. The van der Waals surface area contributed by atoms with Crippen LogP contribution in [0.3, 0.4) is 0 Å². The van der Waals surface area contributed by atoms with E-state index in [1.165, 1.54) is 0 Å². The molecule has 0 spiro atoms. The van der Waals surface area contributed by atoms with E-state index in [4.69, 9.17) is 0 Å². The van der Waals surface area contributed by atoms with Crippen LogP contribution in [0.2, 0.25) is 0 Å². The van der Waals surface area contributed by atoms with Crippen LogP contribution in [0, 0.1) is 0 Å². The molecule has 0 atom stereocenters. The van der Waals surface area contributed by atoms with Crippen molar-refractivity contribution in [3.8, 4) is 33.9 Å². The Kier molecular flexibility index (Phi) is 6.77. The number of aromatic amines is 2. The Morgan fingerprint density at radius 1 is 0.419 bits per heavy atom. The fourth-order valence-corrected chi connectivity index (χ4v) is 5.73. The number of nitrogens with one attached hydrogen (secondary N) is 2. The minimum absolute atomic E-state index is 0.218. The molecule has 0 amide bonds. The van der Waals surface area contributed by atoms with Gasteiger partial charge in [0.2, 0.25) is 0 Å². The highest BCUT2D eigenvalue weighted by Crippen LogP contribution is 2.38. The number of aromatic nitrogens is 4. The minimum Gasteiger partial charge on any atom is -0.290 e. The van der Waals surface area contributed by atoms with Crippen LogP contribution in [0.5, 0.6) is 0 Å². The van der Waals surface area contributed by atoms with Crippen molar-refractivity contribution in [1.82, 2.24) is 19.6 Å². The van der Waals surface area contributed by atoms with Gasteiger partial charge in [0, 0.05) is 5.92 Å². The molecule has 0 aliphatic rings. The summed E-state index contributed by atoms with van der Waals surface area (Å²) < 4.78 is 3.14. The summed E-state index contributed by atoms with van der Waals surface area (Å²) >= 11 is 0. The molecule has 7 rings (SSSR count). The summed E-state index contributed by atoms with van der Waals surface area (Å²) in [5, 5.41) is 6.81. The summed E-state index contributed by atoms with van der Waals surface area (Å²) in [5.74, 6) is -0.686. The van der Waals surface area contributed by atoms with Crippen molar-refractivity contribution in [3.63, 3.8) is 0 Å². The van der Waals surface area contributed by atoms with Gasteiger partial charge < -0.3 is 0 Å². The first kappa shape index (κ1) is 26.0. The predicted octanol–water partition coefficient (Wildman–Crippen LogP) is 7.16. The average Bonchev–Trinajstić information content (AvgIpc) is 3.60. The highest BCUT2D eigenvalue weighted by atomic mass is 16.1. The number of hydrogen-bond donors (Lipinski definition) is 2. The van der Waals surface area contributed by atoms with E-state index in [1.54, 1.807) is 9.36 Å². The highest BCUT2D eigenvalue weighted by Gasteiger charge is 2.33. The van der Waals surface area contributed by atoms with Gasteiger partial charge in [0.15, 0.2) is 0 Å². The van der Waals surface area contributed by atoms with Crippen molar-refractivity contribution in [2.24, 2.45) is 0 Å². The summed E-state index contributed by atoms with van der Waals surface area (Å²) in [5.41, 5.74) is 5.84. The van der Waals surface area contributed by atoms with Crippen molar-refractivity contribution >= 4 is 0 Å². The van der Waals surface area contributed by atoms with Crippen LogP contribution in [0.25, 0.3) is 33.9 Å². The Morgan fingerprint density at radius 3 is 1.12 bits per heavy atom. The molecule has 0 aliphatic carbocycles. The molecule has 2 aromatic heterocycles. The van der Waals surface area contributed by atoms with Crippen LogP contribution in [0.15, 0.2) is 161 Å². The Bertz CT molecular complexity index is 1960. The lowest BCUT2D eigenvalue weighted by Gasteiger charge is -2.17. The fourth-order valence-electron chi connectivity index (χ4n) is 5.73. The standard InChI is InChI=1S/C37H28N4O2/c42-36-32(34(27-18-8-2-9-19-27)38-40(36)29-22-12-4-13-23-29)31(26-16-6-1-7-17-26)33-35(28-20-10-3-11-21-28)39-41(37(33)43)30-24-14-5-15-25-30/h1-25,31,38-39H. The topological polar surface area (TPSA) is 75.6 Å². The largest absolute Gasteiger partial charge is 0.290 e. The lowest BCUT2D eigenvalue weighted by atomic mass is 9.83. The third kappa shape index (κ3) is 4.75. The molecule has 6 heteroatoms. The van der Waals surface area contributed by atoms with E-state index in [0.717, 1.165) is 16.7 Å². The molecule has 0 saturated carbocycles. The normalized spacial score (nSPS) is 11.2. The first-order chi connectivity index (χ1) is 21.2. The minimum atomic E-state index is -0.686. The maximum atomic E-state index is 14.6. The maximum Gasteiger partial charge on any atom is 0.276 e. The molecule has 2 heterocycles. The highest BCUT2D eigenvalue weighted by molar-refractivity contribution is 5.71. The third-order valence-electron chi connectivity index (χ3n) is 7.72. The van der Waals surface area contributed by atoms with Crippen molar-refractivity contribution in [3.05, 3.63) is 189 Å². The fraction of sp³-hybridized carbons (Fsp3) is 0.0270. The van der Waals surface area contributed by atoms with Crippen molar-refractivity contribution in [2.45, 2.75) is 5.92 Å². The van der Waals surface area contributed by atoms with E-state index >= 15 is 0 Å². The Balaban J connectivity index is 1.59. The Labute approximate surface area is 248 Å². The number of benzene rings is 5. The smallest absolute Gasteiger partial charge is 0.276 e. The molecule has 5 aromatic carbocycles. The van der Waals surface area contributed by atoms with Gasteiger partial charge >= 0.3 is 0 Å². The maximum absolute atomic E-state index is 14.6. The van der Waals surface area contributed by atoms with Crippen LogP contribution in [0.4, 0.5) is 0 Å². The molecule has 0 aliphatic heterocycles. The molecular weight excluding hydrogens is 532 g/mol. The second-order valence-electron chi connectivity index (χ2n) is 10.3. The monoisotopic (exact) mass is 560 g/mol. The summed E-state index contributed by atoms with van der Waals surface area (Å²) in [6.07, 6.45) is 0. The quantitative estimate of drug-likeness (QED) is 0.217. The average molecular weight is 561 g/mol. The van der Waals surface area contributed by atoms with Gasteiger partial charge in [-0.2, -0.15) is 0 Å². The van der Waals surface area contributed by atoms with Gasteiger partial charge in [-0.3, -0.25) is 19.8 Å². The molecule has 7 aromatic rings. The van der Waals surface area contributed by atoms with Crippen LogP contribution in [-0.4, -0.2) is 19.6 Å². The SMILES string of the molecule is O=c1c(C(c2ccccc2)c2c(-c3ccccc3)[nH]n(-c3ccccc3)c2=O)c(-c2ccccc2)[nH]n1-c1ccccc1. The molecule has 0 radical (unpaired) electrons. The molecule has 6 nitrogen and oxygen atoms in total. The molecule has 0 fully saturated rings. The van der Waals surface area contributed by atoms with Gasteiger partial charge in [0.25, 0.3) is 11.1 Å². The van der Waals surface area contributed by atoms with Crippen LogP contribution >= 0.6 is 0 Å². The van der Waals surface area contributed by atoms with Crippen LogP contribution in [-0.2, 0) is 0 Å². The van der Waals surface area contributed by atoms with Gasteiger partial charge in [0.05, 0.1) is 33.9 Å². The summed E-state index contributed by atoms with van der Waals surface area (Å²) in [6, 6.07) is 48.4. The molecule has 0 unspecified atom stereocenters. The lowest BCUT2D eigenvalue weighted by Crippen LogP contribution is -2.25. The predicted molar refractivity (Wildman–Crippen MR) is 171 cm³/mol. The molecule has 0 saturated heterocycles. The summed E-state index contributed by atoms with van der Waals surface area (Å²) in [4.78, 5) is 29.2. The first-order valence-electron chi connectivity index (χ1n) is 14.2. The van der Waals surface area contributed by atoms with Crippen molar-refractivity contribution < 1.29 is 0 Å². The van der Waals surface area contributed by atoms with Gasteiger partial charge in [0.1, 0.15) is 0 Å². The number of hydrogen-bond acceptors (Lipinski definition) is 2. The van der Waals surface area contributed by atoms with Gasteiger partial charge in [-0.25, -0.2) is 9.36 Å². The van der Waals surface area contributed by atoms with E-state index < -0.39 is 5.92 Å². The number of rotatable bonds is 7. The molecular formula is C37H28N4O2. The zero-order valence-electron chi connectivity index (χ0n) is 23.2. The van der Waals surface area contributed by atoms with Crippen LogP contribution in [0.1, 0.15) is 22.6 Å². The molecule has 0 bridgehead atoms. The van der Waals surface area contributed by atoms with E-state index in [2.05, 4.69) is 10.2 Å². The second-order valence-corrected chi connectivity index (χ2v) is 10.3. The van der Waals surface area contributed by atoms with E-state index in [0.29, 0.717) is 33.9 Å². The van der Waals surface area contributed by atoms with E-state index in [1.807, 2.05) is 152 Å². The molecule has 2 N–H and O–H groups in total. The Morgan fingerprint density at radius 2 is 0.744 bits per heavy atom. The van der Waals surface area contributed by atoms with Gasteiger partial charge in [-0.15, -0.1) is 0 Å². The number of nitrogens with zero attached hydrogens (tertiary/aromatic N) is 2. The van der Waals surface area contributed by atoms with E-state index in [-0.39, 0.29) is 11.1 Å². The number of H-pyrrole nitrogens is 2.